The minimum atomic E-state index is -0.522. The lowest BCUT2D eigenvalue weighted by molar-refractivity contribution is -0.121. The molecule has 1 aromatic heterocycles. The van der Waals surface area contributed by atoms with Gasteiger partial charge in [0.1, 0.15) is 18.2 Å². The zero-order valence-electron chi connectivity index (χ0n) is 23.5. The van der Waals surface area contributed by atoms with Crippen LogP contribution in [0.5, 0.6) is 5.75 Å². The van der Waals surface area contributed by atoms with Gasteiger partial charge in [-0.2, -0.15) is 4.98 Å². The van der Waals surface area contributed by atoms with E-state index in [0.29, 0.717) is 51.0 Å². The summed E-state index contributed by atoms with van der Waals surface area (Å²) in [5.74, 6) is 0.654. The van der Waals surface area contributed by atoms with E-state index < -0.39 is 5.56 Å². The van der Waals surface area contributed by atoms with E-state index in [-0.39, 0.29) is 41.2 Å². The predicted octanol–water partition coefficient (Wildman–Crippen LogP) is 5.34. The van der Waals surface area contributed by atoms with Crippen LogP contribution in [0.25, 0.3) is 0 Å². The van der Waals surface area contributed by atoms with E-state index in [0.717, 1.165) is 11.1 Å². The number of nitrogens with zero attached hydrogens (tertiary/aromatic N) is 3. The number of ketones is 1. The lowest BCUT2D eigenvalue weighted by Crippen LogP contribution is -2.47. The van der Waals surface area contributed by atoms with E-state index in [1.165, 1.54) is 0 Å². The number of carbonyl (C=O) groups excluding carboxylic acids is 2. The van der Waals surface area contributed by atoms with Crippen molar-refractivity contribution in [2.75, 3.05) is 6.54 Å². The van der Waals surface area contributed by atoms with Crippen molar-refractivity contribution in [1.82, 2.24) is 14.5 Å². The van der Waals surface area contributed by atoms with Gasteiger partial charge in [-0.3, -0.25) is 14.4 Å². The molecule has 7 heteroatoms. The van der Waals surface area contributed by atoms with Crippen LogP contribution in [0.2, 0.25) is 0 Å². The highest BCUT2D eigenvalue weighted by atomic mass is 16.5. The molecule has 1 fully saturated rings. The largest absolute Gasteiger partial charge is 0.481 e. The maximum absolute atomic E-state index is 13.7. The topological polar surface area (TPSA) is 81.5 Å². The number of hydrogen-bond donors (Lipinski definition) is 0. The van der Waals surface area contributed by atoms with Crippen LogP contribution in [0.4, 0.5) is 0 Å². The van der Waals surface area contributed by atoms with Gasteiger partial charge in [-0.05, 0) is 37.8 Å². The lowest BCUT2D eigenvalue weighted by Gasteiger charge is -2.39. The van der Waals surface area contributed by atoms with Crippen molar-refractivity contribution in [3.8, 4) is 5.75 Å². The minimum Gasteiger partial charge on any atom is -0.481 e. The molecule has 2 aliphatic rings. The van der Waals surface area contributed by atoms with Gasteiger partial charge in [-0.1, -0.05) is 74.5 Å². The zero-order chi connectivity index (χ0) is 28.0. The van der Waals surface area contributed by atoms with Gasteiger partial charge in [-0.15, -0.1) is 0 Å². The van der Waals surface area contributed by atoms with Gasteiger partial charge >= 0.3 is 5.56 Å². The van der Waals surface area contributed by atoms with Gasteiger partial charge in [0.05, 0.1) is 0 Å². The predicted molar refractivity (Wildman–Crippen MR) is 152 cm³/mol. The Morgan fingerprint density at radius 2 is 1.51 bits per heavy atom. The van der Waals surface area contributed by atoms with Crippen LogP contribution >= 0.6 is 0 Å². The molecule has 2 heterocycles. The molecule has 39 heavy (non-hydrogen) atoms. The second-order valence-electron chi connectivity index (χ2n) is 10.4. The van der Waals surface area contributed by atoms with Gasteiger partial charge < -0.3 is 14.2 Å². The number of Topliss-reactive ketones (excluding diaryl/α,β-unsaturated/α-hetero) is 1. The van der Waals surface area contributed by atoms with Gasteiger partial charge in [0.2, 0.25) is 5.75 Å². The van der Waals surface area contributed by atoms with Crippen LogP contribution in [0.1, 0.15) is 80.8 Å². The van der Waals surface area contributed by atoms with Gasteiger partial charge in [0, 0.05) is 43.8 Å². The summed E-state index contributed by atoms with van der Waals surface area (Å²) in [7, 11) is 0. The Balaban J connectivity index is 0.00000172. The van der Waals surface area contributed by atoms with E-state index in [1.807, 2.05) is 80.8 Å². The monoisotopic (exact) mass is 529 g/mol. The second-order valence-corrected chi connectivity index (χ2v) is 10.4. The molecule has 1 aliphatic heterocycles. The highest BCUT2D eigenvalue weighted by Crippen LogP contribution is 2.41. The number of rotatable bonds is 7. The summed E-state index contributed by atoms with van der Waals surface area (Å²) in [6.07, 6.45) is 2.88. The maximum atomic E-state index is 13.7. The van der Waals surface area contributed by atoms with E-state index in [2.05, 4.69) is 17.1 Å². The summed E-state index contributed by atoms with van der Waals surface area (Å²) >= 11 is 0. The Hall–Kier alpha value is -3.74. The Kier molecular flexibility index (Phi) is 9.00. The van der Waals surface area contributed by atoms with Crippen LogP contribution in [0, 0.1) is 0 Å². The van der Waals surface area contributed by atoms with Crippen LogP contribution in [-0.4, -0.2) is 38.7 Å². The maximum Gasteiger partial charge on any atom is 0.316 e. The molecular formula is C32H39N3O4. The molecule has 0 N–H and O–H groups in total. The van der Waals surface area contributed by atoms with Crippen LogP contribution in [-0.2, 0) is 29.8 Å². The van der Waals surface area contributed by atoms with Crippen LogP contribution < -0.4 is 10.3 Å². The van der Waals surface area contributed by atoms with Crippen molar-refractivity contribution in [2.24, 2.45) is 0 Å². The van der Waals surface area contributed by atoms with E-state index in [1.54, 1.807) is 4.90 Å². The first kappa shape index (κ1) is 28.3. The van der Waals surface area contributed by atoms with Crippen molar-refractivity contribution >= 4 is 11.7 Å². The summed E-state index contributed by atoms with van der Waals surface area (Å²) in [4.78, 5) is 45.6. The number of ether oxygens (including phenoxy) is 1. The SMILES string of the molecule is CC.CC(C)N1CCn2c(CC3(c4ccccc4)CCC(=O)CC3)nc(=O)c(OCc3ccccc3)c2C1=O. The molecule has 0 saturated heterocycles. The fourth-order valence-corrected chi connectivity index (χ4v) is 5.64. The molecule has 1 saturated carbocycles. The zero-order valence-corrected chi connectivity index (χ0v) is 23.5. The van der Waals surface area contributed by atoms with Crippen LogP contribution in [0.3, 0.4) is 0 Å². The number of amides is 1. The molecular weight excluding hydrogens is 490 g/mol. The molecule has 0 atom stereocenters. The third-order valence-corrected chi connectivity index (χ3v) is 7.75. The number of benzene rings is 2. The molecule has 5 rings (SSSR count). The average Bonchev–Trinajstić information content (AvgIpc) is 2.96. The Bertz CT molecular complexity index is 1340. The summed E-state index contributed by atoms with van der Waals surface area (Å²) in [5, 5.41) is 0. The molecule has 1 amide bonds. The smallest absolute Gasteiger partial charge is 0.316 e. The first-order valence-electron chi connectivity index (χ1n) is 14.1. The Morgan fingerprint density at radius 1 is 0.897 bits per heavy atom. The van der Waals surface area contributed by atoms with E-state index in [9.17, 15) is 14.4 Å². The molecule has 206 valence electrons. The minimum absolute atomic E-state index is 0.00467. The third kappa shape index (κ3) is 5.97. The number of aromatic nitrogens is 2. The fourth-order valence-electron chi connectivity index (χ4n) is 5.64. The van der Waals surface area contributed by atoms with E-state index in [4.69, 9.17) is 4.74 Å². The number of hydrogen-bond acceptors (Lipinski definition) is 5. The molecule has 7 nitrogen and oxygen atoms in total. The molecule has 3 aromatic rings. The first-order valence-corrected chi connectivity index (χ1v) is 14.1. The molecule has 0 spiro atoms. The first-order chi connectivity index (χ1) is 18.9. The van der Waals surface area contributed by atoms with Crippen molar-refractivity contribution in [2.45, 2.75) is 84.4 Å². The van der Waals surface area contributed by atoms with Crippen molar-refractivity contribution in [1.29, 1.82) is 0 Å². The number of fused-ring (bicyclic) bond motifs is 1. The Labute approximate surface area is 230 Å². The third-order valence-electron chi connectivity index (χ3n) is 7.75. The quantitative estimate of drug-likeness (QED) is 0.413. The van der Waals surface area contributed by atoms with Crippen molar-refractivity contribution < 1.29 is 14.3 Å². The second kappa shape index (κ2) is 12.4. The van der Waals surface area contributed by atoms with Crippen LogP contribution in [0.15, 0.2) is 65.5 Å². The van der Waals surface area contributed by atoms with E-state index >= 15 is 0 Å². The standard InChI is InChI=1S/C30H33N3O4.C2H6/c1-21(2)32-17-18-33-25(19-30(15-13-24(34)14-16-30)23-11-7-4-8-12-23)31-28(35)27(26(33)29(32)36)37-20-22-9-5-3-6-10-22;1-2/h3-12,21H,13-20H2,1-2H3;1-2H3. The molecule has 0 radical (unpaired) electrons. The van der Waals surface area contributed by atoms with Gasteiger partial charge in [0.25, 0.3) is 5.91 Å². The molecule has 0 bridgehead atoms. The summed E-state index contributed by atoms with van der Waals surface area (Å²) in [6, 6.07) is 19.7. The van der Waals surface area contributed by atoms with Gasteiger partial charge in [-0.25, -0.2) is 0 Å². The summed E-state index contributed by atoms with van der Waals surface area (Å²) < 4.78 is 7.89. The van der Waals surface area contributed by atoms with Crippen molar-refractivity contribution in [3.05, 3.63) is 93.7 Å². The summed E-state index contributed by atoms with van der Waals surface area (Å²) in [6.45, 7) is 9.20. The molecule has 2 aromatic carbocycles. The average molecular weight is 530 g/mol. The Morgan fingerprint density at radius 3 is 2.13 bits per heavy atom. The highest BCUT2D eigenvalue weighted by molar-refractivity contribution is 5.96. The van der Waals surface area contributed by atoms with Gasteiger partial charge in [0.15, 0.2) is 5.69 Å². The lowest BCUT2D eigenvalue weighted by atomic mass is 9.67. The molecule has 0 unspecified atom stereocenters. The normalized spacial score (nSPS) is 16.4. The number of carbonyl (C=O) groups is 2. The highest BCUT2D eigenvalue weighted by Gasteiger charge is 2.40. The summed E-state index contributed by atoms with van der Waals surface area (Å²) in [5.41, 5.74) is 1.48. The van der Waals surface area contributed by atoms with Crippen molar-refractivity contribution in [3.63, 3.8) is 0 Å². The fraction of sp³-hybridized carbons (Fsp3) is 0.438. The molecule has 1 aliphatic carbocycles.